The Morgan fingerprint density at radius 3 is 2.81 bits per heavy atom. The van der Waals surface area contributed by atoms with Crippen LogP contribution < -0.4 is 4.90 Å². The van der Waals surface area contributed by atoms with Crippen molar-refractivity contribution in [3.63, 3.8) is 0 Å². The predicted octanol–water partition coefficient (Wildman–Crippen LogP) is 2.87. The molecule has 0 aliphatic carbocycles. The van der Waals surface area contributed by atoms with Crippen molar-refractivity contribution in [3.05, 3.63) is 23.4 Å². The third-order valence-corrected chi connectivity index (χ3v) is 3.45. The summed E-state index contributed by atoms with van der Waals surface area (Å²) in [5.41, 5.74) is 1.33. The summed E-state index contributed by atoms with van der Waals surface area (Å²) >= 11 is 0. The molecule has 5 nitrogen and oxygen atoms in total. The SMILES string of the molecule is CC(CO)c1ccc2c(n1)N(C(=O)OC(C)(C)C)CCC2. The van der Waals surface area contributed by atoms with Crippen LogP contribution in [0.2, 0.25) is 0 Å². The average Bonchev–Trinajstić information content (AvgIpc) is 2.43. The van der Waals surface area contributed by atoms with Crippen LogP contribution in [0.1, 0.15) is 51.3 Å². The lowest BCUT2D eigenvalue weighted by Crippen LogP contribution is -2.40. The molecule has 1 aromatic rings. The van der Waals surface area contributed by atoms with Crippen LogP contribution in [0, 0.1) is 0 Å². The van der Waals surface area contributed by atoms with Crippen LogP contribution in [0.25, 0.3) is 0 Å². The molecule has 21 heavy (non-hydrogen) atoms. The minimum Gasteiger partial charge on any atom is -0.443 e. The minimum absolute atomic E-state index is 0.0399. The van der Waals surface area contributed by atoms with Crippen LogP contribution in [0.4, 0.5) is 10.6 Å². The van der Waals surface area contributed by atoms with Gasteiger partial charge >= 0.3 is 6.09 Å². The van der Waals surface area contributed by atoms with Crippen LogP contribution in [0.3, 0.4) is 0 Å². The number of aromatic nitrogens is 1. The number of rotatable bonds is 2. The molecular weight excluding hydrogens is 268 g/mol. The molecule has 0 spiro atoms. The van der Waals surface area contributed by atoms with Crippen LogP contribution in [0.15, 0.2) is 12.1 Å². The second kappa shape index (κ2) is 6.02. The van der Waals surface area contributed by atoms with Gasteiger partial charge in [-0.25, -0.2) is 9.78 Å². The minimum atomic E-state index is -0.523. The van der Waals surface area contributed by atoms with Gasteiger partial charge < -0.3 is 9.84 Å². The Morgan fingerprint density at radius 1 is 1.48 bits per heavy atom. The van der Waals surface area contributed by atoms with Gasteiger partial charge in [0.2, 0.25) is 0 Å². The summed E-state index contributed by atoms with van der Waals surface area (Å²) in [5, 5.41) is 9.27. The molecule has 1 aliphatic heterocycles. The van der Waals surface area contributed by atoms with Crippen molar-refractivity contribution in [2.75, 3.05) is 18.1 Å². The summed E-state index contributed by atoms with van der Waals surface area (Å²) in [6.07, 6.45) is 1.46. The van der Waals surface area contributed by atoms with E-state index in [4.69, 9.17) is 4.74 Å². The molecule has 0 radical (unpaired) electrons. The number of carbonyl (C=O) groups excluding carboxylic acids is 1. The highest BCUT2D eigenvalue weighted by molar-refractivity contribution is 5.88. The number of hydrogen-bond donors (Lipinski definition) is 1. The van der Waals surface area contributed by atoms with Gasteiger partial charge in [-0.2, -0.15) is 0 Å². The Kier molecular flexibility index (Phi) is 4.52. The van der Waals surface area contributed by atoms with Gasteiger partial charge in [0.15, 0.2) is 0 Å². The normalized spacial score (nSPS) is 16.3. The maximum Gasteiger partial charge on any atom is 0.416 e. The van der Waals surface area contributed by atoms with Gasteiger partial charge in [-0.3, -0.25) is 4.90 Å². The van der Waals surface area contributed by atoms with E-state index in [9.17, 15) is 9.90 Å². The van der Waals surface area contributed by atoms with Gasteiger partial charge in [0.25, 0.3) is 0 Å². The quantitative estimate of drug-likeness (QED) is 0.910. The maximum absolute atomic E-state index is 12.3. The molecule has 0 saturated carbocycles. The van der Waals surface area contributed by atoms with Crippen molar-refractivity contribution in [2.45, 2.75) is 52.1 Å². The number of ether oxygens (including phenoxy) is 1. The fourth-order valence-corrected chi connectivity index (χ4v) is 2.32. The number of aryl methyl sites for hydroxylation is 1. The molecule has 1 aliphatic rings. The monoisotopic (exact) mass is 292 g/mol. The van der Waals surface area contributed by atoms with Gasteiger partial charge in [0.05, 0.1) is 6.61 Å². The van der Waals surface area contributed by atoms with Crippen molar-refractivity contribution >= 4 is 11.9 Å². The Balaban J connectivity index is 2.30. The number of hydrogen-bond acceptors (Lipinski definition) is 4. The number of aliphatic hydroxyl groups is 1. The summed E-state index contributed by atoms with van der Waals surface area (Å²) in [6.45, 7) is 8.13. The molecule has 2 rings (SSSR count). The number of nitrogens with zero attached hydrogens (tertiary/aromatic N) is 2. The number of pyridine rings is 1. The van der Waals surface area contributed by atoms with Gasteiger partial charge in [-0.15, -0.1) is 0 Å². The topological polar surface area (TPSA) is 62.7 Å². The predicted molar refractivity (Wildman–Crippen MR) is 81.6 cm³/mol. The summed E-state index contributed by atoms with van der Waals surface area (Å²) < 4.78 is 5.46. The number of anilines is 1. The highest BCUT2D eigenvalue weighted by Crippen LogP contribution is 2.28. The molecular formula is C16H24N2O3. The van der Waals surface area contributed by atoms with E-state index in [0.717, 1.165) is 24.1 Å². The highest BCUT2D eigenvalue weighted by Gasteiger charge is 2.28. The second-order valence-electron chi connectivity index (χ2n) is 6.54. The molecule has 0 aromatic carbocycles. The van der Waals surface area contributed by atoms with E-state index in [-0.39, 0.29) is 18.6 Å². The Morgan fingerprint density at radius 2 is 2.19 bits per heavy atom. The summed E-state index contributed by atoms with van der Waals surface area (Å²) in [5.74, 6) is 0.631. The van der Waals surface area contributed by atoms with E-state index in [1.807, 2.05) is 39.8 Å². The average molecular weight is 292 g/mol. The van der Waals surface area contributed by atoms with E-state index < -0.39 is 5.60 Å². The lowest BCUT2D eigenvalue weighted by Gasteiger charge is -2.31. The Bertz CT molecular complexity index is 523. The smallest absolute Gasteiger partial charge is 0.416 e. The third kappa shape index (κ3) is 3.73. The molecule has 116 valence electrons. The van der Waals surface area contributed by atoms with Crippen molar-refractivity contribution in [3.8, 4) is 0 Å². The van der Waals surface area contributed by atoms with Crippen LogP contribution in [0.5, 0.6) is 0 Å². The molecule has 1 atom stereocenters. The number of fused-ring (bicyclic) bond motifs is 1. The first-order chi connectivity index (χ1) is 9.81. The lowest BCUT2D eigenvalue weighted by molar-refractivity contribution is 0.0576. The van der Waals surface area contributed by atoms with E-state index >= 15 is 0 Å². The van der Waals surface area contributed by atoms with Gasteiger partial charge in [0, 0.05) is 18.2 Å². The van der Waals surface area contributed by atoms with Crippen molar-refractivity contribution < 1.29 is 14.6 Å². The fraction of sp³-hybridized carbons (Fsp3) is 0.625. The molecule has 1 amide bonds. The molecule has 1 unspecified atom stereocenters. The highest BCUT2D eigenvalue weighted by atomic mass is 16.6. The fourth-order valence-electron chi connectivity index (χ4n) is 2.32. The zero-order valence-corrected chi connectivity index (χ0v) is 13.2. The molecule has 5 heteroatoms. The standard InChI is InChI=1S/C16H24N2O3/c1-11(10-19)13-8-7-12-6-5-9-18(14(12)17-13)15(20)21-16(2,3)4/h7-8,11,19H,5-6,9-10H2,1-4H3. The molecule has 0 bridgehead atoms. The van der Waals surface area contributed by atoms with E-state index in [0.29, 0.717) is 12.4 Å². The molecule has 0 fully saturated rings. The second-order valence-corrected chi connectivity index (χ2v) is 6.54. The summed E-state index contributed by atoms with van der Waals surface area (Å²) in [7, 11) is 0. The van der Waals surface area contributed by atoms with Gasteiger partial charge in [-0.05, 0) is 45.2 Å². The Labute approximate surface area is 125 Å². The molecule has 2 heterocycles. The third-order valence-electron chi connectivity index (χ3n) is 3.45. The number of amides is 1. The lowest BCUT2D eigenvalue weighted by atomic mass is 10.0. The van der Waals surface area contributed by atoms with Gasteiger partial charge in [-0.1, -0.05) is 13.0 Å². The molecule has 1 N–H and O–H groups in total. The zero-order valence-electron chi connectivity index (χ0n) is 13.2. The van der Waals surface area contributed by atoms with Crippen LogP contribution >= 0.6 is 0 Å². The van der Waals surface area contributed by atoms with Crippen molar-refractivity contribution in [1.82, 2.24) is 4.98 Å². The first-order valence-corrected chi connectivity index (χ1v) is 7.43. The van der Waals surface area contributed by atoms with Crippen LogP contribution in [-0.2, 0) is 11.2 Å². The van der Waals surface area contributed by atoms with E-state index in [1.165, 1.54) is 0 Å². The van der Waals surface area contributed by atoms with Crippen molar-refractivity contribution in [1.29, 1.82) is 0 Å². The van der Waals surface area contributed by atoms with Crippen LogP contribution in [-0.4, -0.2) is 34.9 Å². The van der Waals surface area contributed by atoms with Crippen molar-refractivity contribution in [2.24, 2.45) is 0 Å². The maximum atomic E-state index is 12.3. The summed E-state index contributed by atoms with van der Waals surface area (Å²) in [4.78, 5) is 18.5. The number of aliphatic hydroxyl groups excluding tert-OH is 1. The van der Waals surface area contributed by atoms with E-state index in [2.05, 4.69) is 4.98 Å². The zero-order chi connectivity index (χ0) is 15.6. The van der Waals surface area contributed by atoms with E-state index in [1.54, 1.807) is 4.90 Å². The number of carbonyl (C=O) groups is 1. The first-order valence-electron chi connectivity index (χ1n) is 7.43. The first kappa shape index (κ1) is 15.8. The molecule has 1 aromatic heterocycles. The summed E-state index contributed by atoms with van der Waals surface area (Å²) in [6, 6.07) is 3.93. The molecule has 0 saturated heterocycles. The largest absolute Gasteiger partial charge is 0.443 e. The Hall–Kier alpha value is -1.62. The van der Waals surface area contributed by atoms with Gasteiger partial charge in [0.1, 0.15) is 11.4 Å².